The molecule has 3 rings (SSSR count). The van der Waals surface area contributed by atoms with Crippen LogP contribution >= 0.6 is 23.1 Å². The van der Waals surface area contributed by atoms with Gasteiger partial charge in [0.15, 0.2) is 10.3 Å². The average molecular weight is 459 g/mol. The fourth-order valence-corrected chi connectivity index (χ4v) is 4.37. The van der Waals surface area contributed by atoms with E-state index in [-0.39, 0.29) is 18.2 Å². The number of rotatable bonds is 7. The molecule has 1 aromatic carbocycles. The smallest absolute Gasteiger partial charge is 0.239 e. The highest BCUT2D eigenvalue weighted by Gasteiger charge is 2.21. The number of thiazole rings is 1. The number of aryl methyl sites for hydroxylation is 4. The average Bonchev–Trinajstić information content (AvgIpc) is 3.20. The fraction of sp³-hybridized carbons (Fsp3) is 0.381. The van der Waals surface area contributed by atoms with Crippen molar-refractivity contribution >= 4 is 45.7 Å². The van der Waals surface area contributed by atoms with E-state index in [4.69, 9.17) is 0 Å². The lowest BCUT2D eigenvalue weighted by Crippen LogP contribution is -2.23. The molecule has 3 aromatic rings. The first-order valence-electron chi connectivity index (χ1n) is 9.81. The van der Waals surface area contributed by atoms with Crippen molar-refractivity contribution in [2.24, 2.45) is 7.05 Å². The molecule has 0 aliphatic heterocycles. The molecule has 1 atom stereocenters. The molecular formula is C21H26N6O2S2. The van der Waals surface area contributed by atoms with Gasteiger partial charge in [0.1, 0.15) is 5.82 Å². The Bertz CT molecular complexity index is 1100. The van der Waals surface area contributed by atoms with Gasteiger partial charge in [0.2, 0.25) is 11.8 Å². The highest BCUT2D eigenvalue weighted by molar-refractivity contribution is 8.00. The Morgan fingerprint density at radius 2 is 1.87 bits per heavy atom. The maximum atomic E-state index is 12.5. The van der Waals surface area contributed by atoms with Gasteiger partial charge in [-0.25, -0.2) is 4.98 Å². The van der Waals surface area contributed by atoms with Crippen molar-refractivity contribution in [2.45, 2.75) is 51.4 Å². The van der Waals surface area contributed by atoms with Crippen LogP contribution in [0.25, 0.3) is 0 Å². The third-order valence-corrected chi connectivity index (χ3v) is 7.07. The van der Waals surface area contributed by atoms with Gasteiger partial charge >= 0.3 is 0 Å². The number of thioether (sulfide) groups is 1. The van der Waals surface area contributed by atoms with Gasteiger partial charge in [0.05, 0.1) is 17.4 Å². The first-order valence-corrected chi connectivity index (χ1v) is 11.5. The molecule has 164 valence electrons. The van der Waals surface area contributed by atoms with E-state index in [2.05, 4.69) is 25.8 Å². The van der Waals surface area contributed by atoms with Gasteiger partial charge in [-0.05, 0) is 57.9 Å². The van der Waals surface area contributed by atoms with E-state index in [1.807, 2.05) is 45.9 Å². The number of carbonyl (C=O) groups is 2. The Morgan fingerprint density at radius 1 is 1.13 bits per heavy atom. The van der Waals surface area contributed by atoms with Gasteiger partial charge in [-0.2, -0.15) is 0 Å². The lowest BCUT2D eigenvalue weighted by molar-refractivity contribution is -0.116. The molecule has 0 saturated carbocycles. The summed E-state index contributed by atoms with van der Waals surface area (Å²) in [5.41, 5.74) is 3.96. The zero-order chi connectivity index (χ0) is 22.7. The maximum absolute atomic E-state index is 12.5. The summed E-state index contributed by atoms with van der Waals surface area (Å²) in [7, 11) is 1.79. The normalized spacial score (nSPS) is 11.9. The minimum Gasteiger partial charge on any atom is -0.326 e. The van der Waals surface area contributed by atoms with Crippen LogP contribution in [0, 0.1) is 27.7 Å². The summed E-state index contributed by atoms with van der Waals surface area (Å²) < 4.78 is 1.74. The molecule has 0 aliphatic carbocycles. The first-order chi connectivity index (χ1) is 14.6. The number of nitrogens with one attached hydrogen (secondary N) is 2. The van der Waals surface area contributed by atoms with Gasteiger partial charge < -0.3 is 15.2 Å². The molecule has 0 bridgehead atoms. The molecule has 0 aliphatic rings. The molecule has 2 heterocycles. The molecule has 10 heteroatoms. The molecule has 2 N–H and O–H groups in total. The largest absolute Gasteiger partial charge is 0.326 e. The summed E-state index contributed by atoms with van der Waals surface area (Å²) in [5, 5.41) is 14.8. The predicted octanol–water partition coefficient (Wildman–Crippen LogP) is 3.81. The van der Waals surface area contributed by atoms with E-state index in [0.717, 1.165) is 21.8 Å². The standard InChI is InChI=1S/C21H26N6O2S2/c1-11-7-8-16(9-12(11)2)23-18(28)10-17-25-26-21(27(17)6)31-15(5)19(29)24-20-22-13(3)14(4)30-20/h7-9,15H,10H2,1-6H3,(H,23,28)(H,22,24,29). The van der Waals surface area contributed by atoms with Crippen LogP contribution in [0.15, 0.2) is 23.4 Å². The van der Waals surface area contributed by atoms with Crippen LogP contribution in [-0.2, 0) is 23.1 Å². The van der Waals surface area contributed by atoms with Crippen LogP contribution in [0.5, 0.6) is 0 Å². The third-order valence-electron chi connectivity index (χ3n) is 4.94. The summed E-state index contributed by atoms with van der Waals surface area (Å²) in [6, 6.07) is 5.80. The van der Waals surface area contributed by atoms with Crippen molar-refractivity contribution in [2.75, 3.05) is 10.6 Å². The van der Waals surface area contributed by atoms with E-state index in [9.17, 15) is 9.59 Å². The highest BCUT2D eigenvalue weighted by atomic mass is 32.2. The van der Waals surface area contributed by atoms with E-state index in [1.165, 1.54) is 28.7 Å². The molecule has 0 radical (unpaired) electrons. The van der Waals surface area contributed by atoms with E-state index < -0.39 is 5.25 Å². The zero-order valence-corrected chi connectivity index (χ0v) is 20.1. The topological polar surface area (TPSA) is 102 Å². The number of nitrogens with zero attached hydrogens (tertiary/aromatic N) is 4. The second-order valence-electron chi connectivity index (χ2n) is 7.39. The van der Waals surface area contributed by atoms with Crippen LogP contribution in [0.4, 0.5) is 10.8 Å². The number of hydrogen-bond acceptors (Lipinski definition) is 7. The molecular weight excluding hydrogens is 432 g/mol. The minimum absolute atomic E-state index is 0.0925. The van der Waals surface area contributed by atoms with Crippen LogP contribution in [0.3, 0.4) is 0 Å². The Kier molecular flexibility index (Phi) is 7.11. The number of aromatic nitrogens is 4. The Hall–Kier alpha value is -2.72. The van der Waals surface area contributed by atoms with Crippen molar-refractivity contribution in [3.63, 3.8) is 0 Å². The van der Waals surface area contributed by atoms with Crippen molar-refractivity contribution in [3.05, 3.63) is 45.7 Å². The van der Waals surface area contributed by atoms with E-state index >= 15 is 0 Å². The van der Waals surface area contributed by atoms with Gasteiger partial charge in [0.25, 0.3) is 0 Å². The summed E-state index contributed by atoms with van der Waals surface area (Å²) >= 11 is 2.74. The zero-order valence-electron chi connectivity index (χ0n) is 18.4. The molecule has 2 aromatic heterocycles. The Balaban J connectivity index is 1.59. The summed E-state index contributed by atoms with van der Waals surface area (Å²) in [4.78, 5) is 30.3. The number of anilines is 2. The SMILES string of the molecule is Cc1ccc(NC(=O)Cc2nnc(SC(C)C(=O)Nc3nc(C)c(C)s3)n2C)cc1C. The Labute approximate surface area is 189 Å². The minimum atomic E-state index is -0.398. The maximum Gasteiger partial charge on any atom is 0.239 e. The van der Waals surface area contributed by atoms with Crippen molar-refractivity contribution in [1.82, 2.24) is 19.7 Å². The van der Waals surface area contributed by atoms with Gasteiger partial charge in [0, 0.05) is 17.6 Å². The van der Waals surface area contributed by atoms with E-state index in [1.54, 1.807) is 18.5 Å². The fourth-order valence-electron chi connectivity index (χ4n) is 2.71. The lowest BCUT2D eigenvalue weighted by Gasteiger charge is -2.10. The molecule has 31 heavy (non-hydrogen) atoms. The predicted molar refractivity (Wildman–Crippen MR) is 125 cm³/mol. The molecule has 0 spiro atoms. The number of hydrogen-bond donors (Lipinski definition) is 2. The molecule has 0 fully saturated rings. The second-order valence-corrected chi connectivity index (χ2v) is 9.90. The van der Waals surface area contributed by atoms with Gasteiger partial charge in [-0.1, -0.05) is 17.8 Å². The van der Waals surface area contributed by atoms with Crippen molar-refractivity contribution in [3.8, 4) is 0 Å². The van der Waals surface area contributed by atoms with Crippen molar-refractivity contribution < 1.29 is 9.59 Å². The van der Waals surface area contributed by atoms with Crippen LogP contribution in [0.1, 0.15) is 34.4 Å². The summed E-state index contributed by atoms with van der Waals surface area (Å²) in [5.74, 6) is 0.203. The number of amides is 2. The summed E-state index contributed by atoms with van der Waals surface area (Å²) in [6.45, 7) is 9.72. The summed E-state index contributed by atoms with van der Waals surface area (Å²) in [6.07, 6.45) is 0.0925. The quantitative estimate of drug-likeness (QED) is 0.522. The molecule has 8 nitrogen and oxygen atoms in total. The van der Waals surface area contributed by atoms with Gasteiger partial charge in [-0.3, -0.25) is 9.59 Å². The molecule has 1 unspecified atom stereocenters. The third kappa shape index (κ3) is 5.71. The van der Waals surface area contributed by atoms with E-state index in [0.29, 0.717) is 16.1 Å². The van der Waals surface area contributed by atoms with Crippen LogP contribution in [0.2, 0.25) is 0 Å². The van der Waals surface area contributed by atoms with Crippen molar-refractivity contribution in [1.29, 1.82) is 0 Å². The monoisotopic (exact) mass is 458 g/mol. The van der Waals surface area contributed by atoms with Gasteiger partial charge in [-0.15, -0.1) is 21.5 Å². The number of benzene rings is 1. The molecule has 0 saturated heterocycles. The Morgan fingerprint density at radius 3 is 2.52 bits per heavy atom. The number of carbonyl (C=O) groups excluding carboxylic acids is 2. The molecule has 2 amide bonds. The lowest BCUT2D eigenvalue weighted by atomic mass is 10.1. The highest BCUT2D eigenvalue weighted by Crippen LogP contribution is 2.25. The van der Waals surface area contributed by atoms with Crippen LogP contribution in [-0.4, -0.2) is 36.8 Å². The van der Waals surface area contributed by atoms with Crippen LogP contribution < -0.4 is 10.6 Å². The first kappa shape index (κ1) is 23.0. The second kappa shape index (κ2) is 9.61.